The molecular weight excluding hydrogens is 524 g/mol. The second kappa shape index (κ2) is 10.9. The Labute approximate surface area is 233 Å². The number of halogens is 2. The lowest BCUT2D eigenvalue weighted by Gasteiger charge is -2.04. The topological polar surface area (TPSA) is 77.1 Å². The fourth-order valence-electron chi connectivity index (χ4n) is 4.45. The van der Waals surface area contributed by atoms with Crippen LogP contribution in [0.5, 0.6) is 0 Å². The number of amides is 1. The van der Waals surface area contributed by atoms with E-state index in [1.54, 1.807) is 53.4 Å². The van der Waals surface area contributed by atoms with Crippen LogP contribution in [-0.2, 0) is 4.79 Å². The lowest BCUT2D eigenvalue weighted by Crippen LogP contribution is -2.11. The Bertz CT molecular complexity index is 1910. The summed E-state index contributed by atoms with van der Waals surface area (Å²) in [5, 5.41) is 8.00. The Hall–Kier alpha value is -5.63. The zero-order valence-corrected chi connectivity index (χ0v) is 21.4. The van der Waals surface area contributed by atoms with E-state index in [0.717, 1.165) is 5.69 Å². The van der Waals surface area contributed by atoms with Gasteiger partial charge in [0.15, 0.2) is 5.76 Å². The molecular formula is C33H21F2N3O3. The zero-order valence-electron chi connectivity index (χ0n) is 21.4. The first-order chi connectivity index (χ1) is 20.0. The van der Waals surface area contributed by atoms with E-state index in [1.165, 1.54) is 42.5 Å². The molecule has 0 aliphatic carbocycles. The van der Waals surface area contributed by atoms with Crippen molar-refractivity contribution in [3.05, 3.63) is 144 Å². The summed E-state index contributed by atoms with van der Waals surface area (Å²) < 4.78 is 34.5. The molecule has 200 valence electrons. The number of nitrogens with zero attached hydrogens (tertiary/aromatic N) is 2. The van der Waals surface area contributed by atoms with Gasteiger partial charge >= 0.3 is 0 Å². The van der Waals surface area contributed by atoms with E-state index in [0.29, 0.717) is 27.8 Å². The third-order valence-electron chi connectivity index (χ3n) is 6.45. The van der Waals surface area contributed by atoms with Gasteiger partial charge in [-0.15, -0.1) is 0 Å². The van der Waals surface area contributed by atoms with Crippen molar-refractivity contribution in [3.8, 4) is 16.9 Å². The predicted molar refractivity (Wildman–Crippen MR) is 153 cm³/mol. The number of nitrogens with one attached hydrogen (secondary N) is 1. The van der Waals surface area contributed by atoms with Gasteiger partial charge in [-0.05, 0) is 78.9 Å². The quantitative estimate of drug-likeness (QED) is 0.167. The second-order valence-corrected chi connectivity index (χ2v) is 9.18. The number of anilines is 1. The van der Waals surface area contributed by atoms with Gasteiger partial charge in [0.05, 0.1) is 17.1 Å². The van der Waals surface area contributed by atoms with Crippen LogP contribution in [-0.4, -0.2) is 21.5 Å². The molecule has 4 aromatic carbocycles. The molecule has 6 rings (SSSR count). The summed E-state index contributed by atoms with van der Waals surface area (Å²) in [6, 6.07) is 27.4. The second-order valence-electron chi connectivity index (χ2n) is 9.18. The van der Waals surface area contributed by atoms with Crippen molar-refractivity contribution < 1.29 is 22.8 Å². The van der Waals surface area contributed by atoms with E-state index in [2.05, 4.69) is 10.4 Å². The largest absolute Gasteiger partial charge is 0.450 e. The maximum absolute atomic E-state index is 13.6. The predicted octanol–water partition coefficient (Wildman–Crippen LogP) is 7.45. The molecule has 0 atom stereocenters. The first-order valence-electron chi connectivity index (χ1n) is 12.7. The van der Waals surface area contributed by atoms with Gasteiger partial charge < -0.3 is 9.73 Å². The molecule has 0 spiro atoms. The molecule has 1 amide bonds. The minimum atomic E-state index is -0.512. The zero-order chi connectivity index (χ0) is 28.3. The van der Waals surface area contributed by atoms with Crippen LogP contribution >= 0.6 is 0 Å². The number of rotatable bonds is 7. The third-order valence-corrected chi connectivity index (χ3v) is 6.45. The SMILES string of the molecule is O=C(C=Cc1cn(-c2ccccc2)nc1-c1ccc(F)cc1)Nc1c(C(=O)c2ccc(F)cc2)oc2ccccc12. The molecule has 41 heavy (non-hydrogen) atoms. The number of hydrogen-bond donors (Lipinski definition) is 1. The number of carbonyl (C=O) groups excluding carboxylic acids is 2. The number of furan rings is 1. The van der Waals surface area contributed by atoms with Crippen molar-refractivity contribution in [3.63, 3.8) is 0 Å². The van der Waals surface area contributed by atoms with Crippen molar-refractivity contribution in [2.45, 2.75) is 0 Å². The van der Waals surface area contributed by atoms with Gasteiger partial charge in [-0.1, -0.05) is 30.3 Å². The minimum Gasteiger partial charge on any atom is -0.450 e. The smallest absolute Gasteiger partial charge is 0.248 e. The Balaban J connectivity index is 1.34. The Kier molecular flexibility index (Phi) is 6.79. The normalized spacial score (nSPS) is 11.3. The first kappa shape index (κ1) is 25.6. The number of benzene rings is 4. The maximum Gasteiger partial charge on any atom is 0.248 e. The van der Waals surface area contributed by atoms with E-state index < -0.39 is 17.5 Å². The number of ketones is 1. The molecule has 0 aliphatic rings. The van der Waals surface area contributed by atoms with E-state index in [9.17, 15) is 18.4 Å². The summed E-state index contributed by atoms with van der Waals surface area (Å²) in [5.74, 6) is -1.92. The van der Waals surface area contributed by atoms with Gasteiger partial charge in [-0.3, -0.25) is 9.59 Å². The lowest BCUT2D eigenvalue weighted by atomic mass is 10.1. The Morgan fingerprint density at radius 2 is 1.46 bits per heavy atom. The minimum absolute atomic E-state index is 0.0662. The summed E-state index contributed by atoms with van der Waals surface area (Å²) in [4.78, 5) is 26.4. The molecule has 1 N–H and O–H groups in total. The maximum atomic E-state index is 13.6. The highest BCUT2D eigenvalue weighted by Gasteiger charge is 2.23. The summed E-state index contributed by atoms with van der Waals surface area (Å²) >= 11 is 0. The van der Waals surface area contributed by atoms with Crippen LogP contribution in [0.25, 0.3) is 34.0 Å². The molecule has 0 bridgehead atoms. The van der Waals surface area contributed by atoms with Gasteiger partial charge in [0, 0.05) is 34.3 Å². The van der Waals surface area contributed by atoms with Crippen molar-refractivity contribution >= 4 is 34.4 Å². The van der Waals surface area contributed by atoms with E-state index in [1.807, 2.05) is 30.3 Å². The molecule has 2 heterocycles. The number of carbonyl (C=O) groups is 2. The summed E-state index contributed by atoms with van der Waals surface area (Å²) in [6.45, 7) is 0. The Morgan fingerprint density at radius 3 is 2.20 bits per heavy atom. The molecule has 6 nitrogen and oxygen atoms in total. The molecule has 8 heteroatoms. The third kappa shape index (κ3) is 5.31. The van der Waals surface area contributed by atoms with Crippen LogP contribution in [0.3, 0.4) is 0 Å². The molecule has 0 aliphatic heterocycles. The highest BCUT2D eigenvalue weighted by atomic mass is 19.1. The molecule has 2 aromatic heterocycles. The number of aromatic nitrogens is 2. The van der Waals surface area contributed by atoms with Crippen LogP contribution in [0.1, 0.15) is 21.7 Å². The number of fused-ring (bicyclic) bond motifs is 1. The average molecular weight is 546 g/mol. The first-order valence-corrected chi connectivity index (χ1v) is 12.7. The number of hydrogen-bond acceptors (Lipinski definition) is 4. The van der Waals surface area contributed by atoms with Crippen molar-refractivity contribution in [2.24, 2.45) is 0 Å². The number of para-hydroxylation sites is 2. The van der Waals surface area contributed by atoms with Crippen LogP contribution in [0.4, 0.5) is 14.5 Å². The van der Waals surface area contributed by atoms with Gasteiger partial charge in [0.25, 0.3) is 0 Å². The molecule has 0 radical (unpaired) electrons. The highest BCUT2D eigenvalue weighted by molar-refractivity contribution is 6.18. The Morgan fingerprint density at radius 1 is 0.805 bits per heavy atom. The molecule has 0 saturated carbocycles. The van der Waals surface area contributed by atoms with Crippen molar-refractivity contribution in [2.75, 3.05) is 5.32 Å². The van der Waals surface area contributed by atoms with Crippen LogP contribution in [0.2, 0.25) is 0 Å². The summed E-state index contributed by atoms with van der Waals surface area (Å²) in [5.41, 5.74) is 3.51. The van der Waals surface area contributed by atoms with Gasteiger partial charge in [-0.25, -0.2) is 13.5 Å². The standard InChI is InChI=1S/C33H21F2N3O3/c34-24-15-10-21(11-16-24)30-23(20-38(37-30)26-6-2-1-3-7-26)14-19-29(39)36-31-27-8-4-5-9-28(27)41-33(31)32(40)22-12-17-25(35)18-13-22/h1-20H,(H,36,39). The lowest BCUT2D eigenvalue weighted by molar-refractivity contribution is -0.111. The fourth-order valence-corrected chi connectivity index (χ4v) is 4.45. The average Bonchev–Trinajstić information content (AvgIpc) is 3.59. The van der Waals surface area contributed by atoms with E-state index in [4.69, 9.17) is 4.42 Å². The van der Waals surface area contributed by atoms with Crippen LogP contribution < -0.4 is 5.32 Å². The van der Waals surface area contributed by atoms with Gasteiger partial charge in [0.2, 0.25) is 11.7 Å². The van der Waals surface area contributed by atoms with Gasteiger partial charge in [-0.2, -0.15) is 5.10 Å². The van der Waals surface area contributed by atoms with Crippen LogP contribution in [0.15, 0.2) is 120 Å². The fraction of sp³-hybridized carbons (Fsp3) is 0. The van der Waals surface area contributed by atoms with E-state index in [-0.39, 0.29) is 22.8 Å². The molecule has 0 fully saturated rings. The summed E-state index contributed by atoms with van der Waals surface area (Å²) in [7, 11) is 0. The van der Waals surface area contributed by atoms with Crippen molar-refractivity contribution in [1.82, 2.24) is 9.78 Å². The van der Waals surface area contributed by atoms with Crippen LogP contribution in [0, 0.1) is 11.6 Å². The molecule has 0 unspecified atom stereocenters. The van der Waals surface area contributed by atoms with E-state index >= 15 is 0 Å². The van der Waals surface area contributed by atoms with Gasteiger partial charge in [0.1, 0.15) is 17.2 Å². The summed E-state index contributed by atoms with van der Waals surface area (Å²) in [6.07, 6.45) is 4.70. The highest BCUT2D eigenvalue weighted by Crippen LogP contribution is 2.33. The molecule has 6 aromatic rings. The monoisotopic (exact) mass is 545 g/mol. The molecule has 0 saturated heterocycles. The van der Waals surface area contributed by atoms with Crippen molar-refractivity contribution in [1.29, 1.82) is 0 Å².